The summed E-state index contributed by atoms with van der Waals surface area (Å²) in [5, 5.41) is 3.17. The maximum atomic E-state index is 12.4. The largest absolute Gasteiger partial charge is 0.467 e. The third-order valence-electron chi connectivity index (χ3n) is 3.41. The highest BCUT2D eigenvalue weighted by Crippen LogP contribution is 2.24. The molecule has 0 bridgehead atoms. The number of nitrogens with one attached hydrogen (secondary N) is 1. The summed E-state index contributed by atoms with van der Waals surface area (Å²) < 4.78 is 5.04. The van der Waals surface area contributed by atoms with E-state index < -0.39 is 5.54 Å². The van der Waals surface area contributed by atoms with Crippen molar-refractivity contribution in [2.75, 3.05) is 34.3 Å². The summed E-state index contributed by atoms with van der Waals surface area (Å²) in [4.78, 5) is 14.5. The highest BCUT2D eigenvalue weighted by atomic mass is 16.5. The van der Waals surface area contributed by atoms with Gasteiger partial charge in [-0.3, -0.25) is 0 Å². The number of carbonyl (C=O) groups is 1. The van der Waals surface area contributed by atoms with Crippen molar-refractivity contribution >= 4 is 5.97 Å². The fraction of sp³-hybridized carbons (Fsp3) is 0.562. The molecule has 0 aromatic heterocycles. The van der Waals surface area contributed by atoms with Gasteiger partial charge >= 0.3 is 5.97 Å². The van der Waals surface area contributed by atoms with E-state index in [1.54, 1.807) is 7.05 Å². The quantitative estimate of drug-likeness (QED) is 0.773. The molecule has 0 saturated carbocycles. The van der Waals surface area contributed by atoms with Crippen LogP contribution in [0.25, 0.3) is 0 Å². The lowest BCUT2D eigenvalue weighted by Crippen LogP contribution is -2.55. The van der Waals surface area contributed by atoms with Crippen molar-refractivity contribution in [2.45, 2.75) is 19.4 Å². The van der Waals surface area contributed by atoms with E-state index in [0.717, 1.165) is 12.1 Å². The number of hydrogen-bond acceptors (Lipinski definition) is 4. The maximum absolute atomic E-state index is 12.4. The Morgan fingerprint density at radius 1 is 1.35 bits per heavy atom. The van der Waals surface area contributed by atoms with Crippen LogP contribution in [0.2, 0.25) is 0 Å². The fourth-order valence-electron chi connectivity index (χ4n) is 2.59. The summed E-state index contributed by atoms with van der Waals surface area (Å²) in [6, 6.07) is 9.73. The van der Waals surface area contributed by atoms with E-state index in [4.69, 9.17) is 4.74 Å². The molecule has 1 N–H and O–H groups in total. The van der Waals surface area contributed by atoms with Crippen molar-refractivity contribution in [1.29, 1.82) is 0 Å². The number of nitrogens with zero attached hydrogens (tertiary/aromatic N) is 1. The first kappa shape index (κ1) is 16.7. The lowest BCUT2D eigenvalue weighted by atomic mass is 9.89. The summed E-state index contributed by atoms with van der Waals surface area (Å²) in [5.74, 6) is 0.282. The van der Waals surface area contributed by atoms with Crippen LogP contribution >= 0.6 is 0 Å². The van der Waals surface area contributed by atoms with Crippen molar-refractivity contribution in [2.24, 2.45) is 5.92 Å². The molecule has 0 aliphatic heterocycles. The Bertz CT molecular complexity index is 420. The topological polar surface area (TPSA) is 41.6 Å². The van der Waals surface area contributed by atoms with E-state index in [1.165, 1.54) is 7.11 Å². The van der Waals surface area contributed by atoms with Crippen LogP contribution in [0.5, 0.6) is 0 Å². The standard InChI is InChI=1S/C16H26N2O2/c1-13(2)11-18(4)12-16(17-3,15(19)20-5)14-9-7-6-8-10-14/h6-10,13,17H,11-12H2,1-5H3. The molecule has 1 rings (SSSR count). The first-order valence-corrected chi connectivity index (χ1v) is 6.97. The van der Waals surface area contributed by atoms with Crippen LogP contribution < -0.4 is 5.32 Å². The molecule has 0 fully saturated rings. The number of rotatable bonds is 7. The number of benzene rings is 1. The number of hydrogen-bond donors (Lipinski definition) is 1. The number of methoxy groups -OCH3 is 1. The number of likely N-dealkylation sites (N-methyl/N-ethyl adjacent to an activating group) is 2. The normalized spacial score (nSPS) is 14.3. The van der Waals surface area contributed by atoms with Gasteiger partial charge in [-0.2, -0.15) is 0 Å². The van der Waals surface area contributed by atoms with Gasteiger partial charge in [-0.25, -0.2) is 4.79 Å². The van der Waals surface area contributed by atoms with Crippen molar-refractivity contribution in [3.63, 3.8) is 0 Å². The van der Waals surface area contributed by atoms with E-state index in [2.05, 4.69) is 24.1 Å². The Hall–Kier alpha value is -1.39. The van der Waals surface area contributed by atoms with Gasteiger partial charge in [-0.1, -0.05) is 44.2 Å². The average molecular weight is 278 g/mol. The molecule has 1 aromatic rings. The Labute approximate surface area is 122 Å². The average Bonchev–Trinajstić information content (AvgIpc) is 2.44. The van der Waals surface area contributed by atoms with Gasteiger partial charge in [0, 0.05) is 13.1 Å². The summed E-state index contributed by atoms with van der Waals surface area (Å²) in [6.07, 6.45) is 0. The van der Waals surface area contributed by atoms with Crippen LogP contribution in [0.3, 0.4) is 0 Å². The molecule has 0 spiro atoms. The SMILES string of the molecule is CNC(CN(C)CC(C)C)(C(=O)OC)c1ccccc1. The first-order valence-electron chi connectivity index (χ1n) is 6.97. The highest BCUT2D eigenvalue weighted by molar-refractivity contribution is 5.83. The van der Waals surface area contributed by atoms with E-state index in [1.807, 2.05) is 37.4 Å². The van der Waals surface area contributed by atoms with Gasteiger partial charge in [0.15, 0.2) is 5.54 Å². The van der Waals surface area contributed by atoms with Gasteiger partial charge in [-0.05, 0) is 25.6 Å². The van der Waals surface area contributed by atoms with Gasteiger partial charge in [-0.15, -0.1) is 0 Å². The second-order valence-electron chi connectivity index (χ2n) is 5.60. The molecular weight excluding hydrogens is 252 g/mol. The van der Waals surface area contributed by atoms with Crippen molar-refractivity contribution in [3.05, 3.63) is 35.9 Å². The molecule has 0 heterocycles. The third-order valence-corrected chi connectivity index (χ3v) is 3.41. The zero-order chi connectivity index (χ0) is 15.2. The Morgan fingerprint density at radius 2 is 1.95 bits per heavy atom. The van der Waals surface area contributed by atoms with Gasteiger partial charge in [0.1, 0.15) is 0 Å². The van der Waals surface area contributed by atoms with E-state index in [-0.39, 0.29) is 5.97 Å². The zero-order valence-electron chi connectivity index (χ0n) is 13.1. The predicted molar refractivity (Wildman–Crippen MR) is 81.5 cm³/mol. The van der Waals surface area contributed by atoms with Gasteiger partial charge < -0.3 is 15.0 Å². The smallest absolute Gasteiger partial charge is 0.332 e. The number of carbonyl (C=O) groups excluding carboxylic acids is 1. The molecule has 1 unspecified atom stereocenters. The van der Waals surface area contributed by atoms with Crippen molar-refractivity contribution < 1.29 is 9.53 Å². The summed E-state index contributed by atoms with van der Waals surface area (Å²) in [6.45, 7) is 5.82. The van der Waals surface area contributed by atoms with Crippen LogP contribution in [-0.2, 0) is 15.1 Å². The molecule has 112 valence electrons. The van der Waals surface area contributed by atoms with Crippen LogP contribution in [0.15, 0.2) is 30.3 Å². The maximum Gasteiger partial charge on any atom is 0.332 e. The van der Waals surface area contributed by atoms with Crippen molar-refractivity contribution in [1.82, 2.24) is 10.2 Å². The van der Waals surface area contributed by atoms with E-state index in [9.17, 15) is 4.79 Å². The first-order chi connectivity index (χ1) is 9.46. The Balaban J connectivity index is 3.10. The van der Waals surface area contributed by atoms with Crippen LogP contribution in [0.1, 0.15) is 19.4 Å². The second-order valence-corrected chi connectivity index (χ2v) is 5.60. The predicted octanol–water partition coefficient (Wildman–Crippen LogP) is 1.86. The second kappa shape index (κ2) is 7.41. The minimum absolute atomic E-state index is 0.262. The van der Waals surface area contributed by atoms with Crippen molar-refractivity contribution in [3.8, 4) is 0 Å². The molecule has 1 atom stereocenters. The van der Waals surface area contributed by atoms with Crippen LogP contribution in [0, 0.1) is 5.92 Å². The Kier molecular flexibility index (Phi) is 6.17. The molecule has 0 amide bonds. The summed E-state index contributed by atoms with van der Waals surface area (Å²) >= 11 is 0. The number of ether oxygens (including phenoxy) is 1. The van der Waals surface area contributed by atoms with E-state index in [0.29, 0.717) is 12.5 Å². The molecule has 4 nitrogen and oxygen atoms in total. The third kappa shape index (κ3) is 3.81. The van der Waals surface area contributed by atoms with Gasteiger partial charge in [0.25, 0.3) is 0 Å². The monoisotopic (exact) mass is 278 g/mol. The zero-order valence-corrected chi connectivity index (χ0v) is 13.1. The minimum atomic E-state index is -0.834. The molecule has 0 radical (unpaired) electrons. The molecule has 1 aromatic carbocycles. The van der Waals surface area contributed by atoms with Crippen LogP contribution in [0.4, 0.5) is 0 Å². The molecular formula is C16H26N2O2. The number of esters is 1. The summed E-state index contributed by atoms with van der Waals surface area (Å²) in [5.41, 5.74) is 0.0876. The lowest BCUT2D eigenvalue weighted by Gasteiger charge is -2.35. The molecule has 0 aliphatic carbocycles. The fourth-order valence-corrected chi connectivity index (χ4v) is 2.59. The highest BCUT2D eigenvalue weighted by Gasteiger charge is 2.41. The Morgan fingerprint density at radius 3 is 2.40 bits per heavy atom. The van der Waals surface area contributed by atoms with Gasteiger partial charge in [0.2, 0.25) is 0 Å². The van der Waals surface area contributed by atoms with E-state index >= 15 is 0 Å². The van der Waals surface area contributed by atoms with Gasteiger partial charge in [0.05, 0.1) is 7.11 Å². The molecule has 20 heavy (non-hydrogen) atoms. The van der Waals surface area contributed by atoms with Crippen LogP contribution in [-0.4, -0.2) is 45.2 Å². The molecule has 0 saturated heterocycles. The lowest BCUT2D eigenvalue weighted by molar-refractivity contribution is -0.149. The molecule has 0 aliphatic rings. The minimum Gasteiger partial charge on any atom is -0.467 e. The summed E-state index contributed by atoms with van der Waals surface area (Å²) in [7, 11) is 5.25. The molecule has 4 heteroatoms.